The normalized spacial score (nSPS) is 25.5. The highest BCUT2D eigenvalue weighted by molar-refractivity contribution is 5.77. The standard InChI is InChI=1S/C18H24N2O4/c1-17(2,3)24-16(21)14-15(20-22)12-6-4-5-7-13(12)23-18(14)8-10-19-11-9-18/h4-7,14-15,19H,8-11H2,1-3H3. The maximum absolute atomic E-state index is 12.9. The zero-order valence-electron chi connectivity index (χ0n) is 14.4. The molecule has 0 aliphatic carbocycles. The zero-order valence-corrected chi connectivity index (χ0v) is 14.4. The van der Waals surface area contributed by atoms with Crippen LogP contribution in [0.5, 0.6) is 5.75 Å². The monoisotopic (exact) mass is 332 g/mol. The first-order valence-electron chi connectivity index (χ1n) is 8.40. The van der Waals surface area contributed by atoms with Crippen LogP contribution < -0.4 is 10.1 Å². The quantitative estimate of drug-likeness (QED) is 0.665. The summed E-state index contributed by atoms with van der Waals surface area (Å²) in [6.07, 6.45) is 1.27. The molecule has 1 spiro atoms. The summed E-state index contributed by atoms with van der Waals surface area (Å²) in [5.41, 5.74) is -0.719. The van der Waals surface area contributed by atoms with Gasteiger partial charge in [-0.3, -0.25) is 4.79 Å². The van der Waals surface area contributed by atoms with Gasteiger partial charge in [-0.1, -0.05) is 23.4 Å². The van der Waals surface area contributed by atoms with Crippen molar-refractivity contribution < 1.29 is 14.3 Å². The summed E-state index contributed by atoms with van der Waals surface area (Å²) < 4.78 is 11.9. The van der Waals surface area contributed by atoms with Gasteiger partial charge in [0.05, 0.1) is 0 Å². The van der Waals surface area contributed by atoms with Crippen LogP contribution in [0.25, 0.3) is 0 Å². The Kier molecular flexibility index (Phi) is 4.34. The molecule has 2 aliphatic heterocycles. The molecule has 24 heavy (non-hydrogen) atoms. The second-order valence-electron chi connectivity index (χ2n) is 7.52. The van der Waals surface area contributed by atoms with Gasteiger partial charge in [0.1, 0.15) is 28.9 Å². The molecular weight excluding hydrogens is 308 g/mol. The zero-order chi connectivity index (χ0) is 17.4. The van der Waals surface area contributed by atoms with Crippen molar-refractivity contribution >= 4 is 5.97 Å². The minimum atomic E-state index is -0.789. The van der Waals surface area contributed by atoms with Crippen LogP contribution in [-0.4, -0.2) is 30.3 Å². The van der Waals surface area contributed by atoms with E-state index in [-0.39, 0.29) is 0 Å². The largest absolute Gasteiger partial charge is 0.486 e. The fourth-order valence-corrected chi connectivity index (χ4v) is 3.66. The Labute approximate surface area is 141 Å². The van der Waals surface area contributed by atoms with E-state index in [0.29, 0.717) is 24.2 Å². The Morgan fingerprint density at radius 1 is 1.29 bits per heavy atom. The summed E-state index contributed by atoms with van der Waals surface area (Å²) in [6, 6.07) is 6.54. The number of carbonyl (C=O) groups excluding carboxylic acids is 1. The number of benzene rings is 1. The van der Waals surface area contributed by atoms with Crippen molar-refractivity contribution in [2.45, 2.75) is 50.9 Å². The van der Waals surface area contributed by atoms with Gasteiger partial charge >= 0.3 is 5.97 Å². The Morgan fingerprint density at radius 2 is 1.96 bits per heavy atom. The first-order valence-corrected chi connectivity index (χ1v) is 8.40. The van der Waals surface area contributed by atoms with Gasteiger partial charge in [0, 0.05) is 18.4 Å². The third kappa shape index (κ3) is 3.02. The molecule has 1 saturated heterocycles. The fourth-order valence-electron chi connectivity index (χ4n) is 3.66. The number of esters is 1. The summed E-state index contributed by atoms with van der Waals surface area (Å²) in [4.78, 5) is 24.6. The predicted octanol–water partition coefficient (Wildman–Crippen LogP) is 2.97. The van der Waals surface area contributed by atoms with Crippen LogP contribution in [-0.2, 0) is 9.53 Å². The summed E-state index contributed by atoms with van der Waals surface area (Å²) in [6.45, 7) is 6.92. The first kappa shape index (κ1) is 16.9. The molecule has 1 fully saturated rings. The summed E-state index contributed by atoms with van der Waals surface area (Å²) >= 11 is 0. The van der Waals surface area contributed by atoms with E-state index in [1.165, 1.54) is 0 Å². The molecular formula is C18H24N2O4. The van der Waals surface area contributed by atoms with Crippen molar-refractivity contribution in [3.05, 3.63) is 34.7 Å². The maximum atomic E-state index is 12.9. The fraction of sp³-hybridized carbons (Fsp3) is 0.611. The van der Waals surface area contributed by atoms with E-state index in [1.807, 2.05) is 39.0 Å². The highest BCUT2D eigenvalue weighted by Crippen LogP contribution is 2.49. The van der Waals surface area contributed by atoms with Crippen LogP contribution in [0.15, 0.2) is 29.4 Å². The number of nitrogens with zero attached hydrogens (tertiary/aromatic N) is 1. The molecule has 0 radical (unpaired) electrons. The molecule has 1 N–H and O–H groups in total. The number of piperidine rings is 1. The van der Waals surface area contributed by atoms with Crippen LogP contribution in [0, 0.1) is 10.8 Å². The lowest BCUT2D eigenvalue weighted by Crippen LogP contribution is -2.58. The van der Waals surface area contributed by atoms with E-state index in [1.54, 1.807) is 6.07 Å². The third-order valence-corrected chi connectivity index (χ3v) is 4.66. The molecule has 0 aromatic heterocycles. The molecule has 2 aliphatic rings. The van der Waals surface area contributed by atoms with Gasteiger partial charge in [-0.05, 0) is 39.9 Å². The molecule has 2 atom stereocenters. The van der Waals surface area contributed by atoms with Crippen molar-refractivity contribution in [1.82, 2.24) is 5.32 Å². The topological polar surface area (TPSA) is 77.0 Å². The van der Waals surface area contributed by atoms with Gasteiger partial charge in [-0.15, -0.1) is 0 Å². The van der Waals surface area contributed by atoms with Gasteiger partial charge in [0.25, 0.3) is 0 Å². The van der Waals surface area contributed by atoms with Crippen LogP contribution in [0.1, 0.15) is 45.2 Å². The SMILES string of the molecule is CC(C)(C)OC(=O)C1C(N=O)c2ccccc2OC12CCNCC2. The summed E-state index contributed by atoms with van der Waals surface area (Å²) in [5.74, 6) is -0.501. The van der Waals surface area contributed by atoms with Crippen LogP contribution in [0.4, 0.5) is 0 Å². The highest BCUT2D eigenvalue weighted by Gasteiger charge is 2.56. The number of hydrogen-bond donors (Lipinski definition) is 1. The molecule has 6 heteroatoms. The number of para-hydroxylation sites is 1. The lowest BCUT2D eigenvalue weighted by Gasteiger charge is -2.47. The van der Waals surface area contributed by atoms with Crippen molar-refractivity contribution in [3.8, 4) is 5.75 Å². The first-order chi connectivity index (χ1) is 11.4. The molecule has 6 nitrogen and oxygen atoms in total. The molecule has 0 bridgehead atoms. The number of rotatable bonds is 2. The Morgan fingerprint density at radius 3 is 2.58 bits per heavy atom. The minimum absolute atomic E-state index is 0.413. The molecule has 2 unspecified atom stereocenters. The second kappa shape index (κ2) is 6.16. The minimum Gasteiger partial charge on any atom is -0.486 e. The van der Waals surface area contributed by atoms with E-state index in [2.05, 4.69) is 10.5 Å². The van der Waals surface area contributed by atoms with Gasteiger partial charge in [0.15, 0.2) is 0 Å². The molecule has 1 aromatic rings. The van der Waals surface area contributed by atoms with Gasteiger partial charge in [-0.25, -0.2) is 0 Å². The average molecular weight is 332 g/mol. The lowest BCUT2D eigenvalue weighted by molar-refractivity contribution is -0.173. The second-order valence-corrected chi connectivity index (χ2v) is 7.52. The number of fused-ring (bicyclic) bond motifs is 1. The van der Waals surface area contributed by atoms with Crippen LogP contribution in [0.3, 0.4) is 0 Å². The summed E-state index contributed by atoms with van der Waals surface area (Å²) in [5, 5.41) is 6.60. The van der Waals surface area contributed by atoms with E-state index in [0.717, 1.165) is 13.1 Å². The van der Waals surface area contributed by atoms with Crippen molar-refractivity contribution in [2.75, 3.05) is 13.1 Å². The van der Waals surface area contributed by atoms with Crippen molar-refractivity contribution in [1.29, 1.82) is 0 Å². The summed E-state index contributed by atoms with van der Waals surface area (Å²) in [7, 11) is 0. The van der Waals surface area contributed by atoms with Crippen molar-refractivity contribution in [2.24, 2.45) is 11.1 Å². The molecule has 1 aromatic carbocycles. The molecule has 2 heterocycles. The Balaban J connectivity index is 2.06. The van der Waals surface area contributed by atoms with E-state index in [4.69, 9.17) is 9.47 Å². The highest BCUT2D eigenvalue weighted by atomic mass is 16.6. The van der Waals surface area contributed by atoms with Crippen LogP contribution in [0.2, 0.25) is 0 Å². The number of nitroso groups, excluding NO2 is 1. The predicted molar refractivity (Wildman–Crippen MR) is 89.8 cm³/mol. The molecule has 130 valence electrons. The third-order valence-electron chi connectivity index (χ3n) is 4.66. The van der Waals surface area contributed by atoms with Gasteiger partial charge in [0.2, 0.25) is 0 Å². The van der Waals surface area contributed by atoms with E-state index < -0.39 is 29.1 Å². The van der Waals surface area contributed by atoms with Gasteiger partial charge in [-0.2, -0.15) is 4.91 Å². The van der Waals surface area contributed by atoms with E-state index in [9.17, 15) is 9.70 Å². The molecule has 0 saturated carbocycles. The average Bonchev–Trinajstić information content (AvgIpc) is 2.52. The lowest BCUT2D eigenvalue weighted by atomic mass is 9.72. The molecule has 3 rings (SSSR count). The Bertz CT molecular complexity index is 632. The Hall–Kier alpha value is -1.95. The van der Waals surface area contributed by atoms with Crippen LogP contribution >= 0.6 is 0 Å². The number of hydrogen-bond acceptors (Lipinski definition) is 6. The maximum Gasteiger partial charge on any atom is 0.316 e. The number of nitrogens with one attached hydrogen (secondary N) is 1. The molecule has 0 amide bonds. The number of carbonyl (C=O) groups is 1. The van der Waals surface area contributed by atoms with E-state index >= 15 is 0 Å². The smallest absolute Gasteiger partial charge is 0.316 e. The number of ether oxygens (including phenoxy) is 2. The van der Waals surface area contributed by atoms with Crippen molar-refractivity contribution in [3.63, 3.8) is 0 Å². The van der Waals surface area contributed by atoms with Gasteiger partial charge < -0.3 is 14.8 Å².